The van der Waals surface area contributed by atoms with Gasteiger partial charge in [-0.25, -0.2) is 0 Å². The number of imide groups is 1. The molecule has 200 valence electrons. The van der Waals surface area contributed by atoms with Gasteiger partial charge in [-0.3, -0.25) is 24.1 Å². The Hall–Kier alpha value is -3.99. The average molecular weight is 586 g/mol. The highest BCUT2D eigenvalue weighted by atomic mass is 35.5. The summed E-state index contributed by atoms with van der Waals surface area (Å²) in [6, 6.07) is 18.4. The highest BCUT2D eigenvalue weighted by Crippen LogP contribution is 2.39. The van der Waals surface area contributed by atoms with Crippen molar-refractivity contribution in [3.63, 3.8) is 0 Å². The predicted molar refractivity (Wildman–Crippen MR) is 151 cm³/mol. The zero-order chi connectivity index (χ0) is 27.9. The molecule has 0 aliphatic carbocycles. The van der Waals surface area contributed by atoms with Crippen LogP contribution in [0.15, 0.2) is 71.6 Å². The van der Waals surface area contributed by atoms with Gasteiger partial charge in [-0.15, -0.1) is 0 Å². The van der Waals surface area contributed by atoms with E-state index in [1.165, 1.54) is 19.3 Å². The summed E-state index contributed by atoms with van der Waals surface area (Å²) in [6.07, 6.45) is 1.46. The van der Waals surface area contributed by atoms with E-state index in [1.807, 2.05) is 0 Å². The second kappa shape index (κ2) is 12.7. The first-order valence-electron chi connectivity index (χ1n) is 11.4. The number of halogens is 2. The van der Waals surface area contributed by atoms with Crippen molar-refractivity contribution in [2.24, 2.45) is 0 Å². The molecule has 4 amide bonds. The number of nitrogens with one attached hydrogen (secondary N) is 2. The summed E-state index contributed by atoms with van der Waals surface area (Å²) in [5.74, 6) is -1.19. The Morgan fingerprint density at radius 1 is 0.949 bits per heavy atom. The summed E-state index contributed by atoms with van der Waals surface area (Å²) in [7, 11) is 1.40. The molecule has 1 saturated heterocycles. The summed E-state index contributed by atoms with van der Waals surface area (Å²) in [5, 5.41) is 5.41. The Balaban J connectivity index is 1.42. The molecule has 1 fully saturated rings. The quantitative estimate of drug-likeness (QED) is 0.310. The Morgan fingerprint density at radius 2 is 1.62 bits per heavy atom. The van der Waals surface area contributed by atoms with Crippen LogP contribution >= 0.6 is 35.0 Å². The van der Waals surface area contributed by atoms with Crippen molar-refractivity contribution in [2.75, 3.05) is 30.9 Å². The van der Waals surface area contributed by atoms with Gasteiger partial charge in [0.25, 0.3) is 17.1 Å². The summed E-state index contributed by atoms with van der Waals surface area (Å²) >= 11 is 13.0. The summed E-state index contributed by atoms with van der Waals surface area (Å²) in [4.78, 5) is 50.9. The molecule has 0 atom stereocenters. The molecule has 3 aromatic carbocycles. The van der Waals surface area contributed by atoms with E-state index in [-0.39, 0.29) is 28.0 Å². The van der Waals surface area contributed by atoms with Crippen LogP contribution in [-0.2, 0) is 14.4 Å². The van der Waals surface area contributed by atoms with Crippen molar-refractivity contribution in [3.8, 4) is 11.5 Å². The normalized spacial score (nSPS) is 13.9. The van der Waals surface area contributed by atoms with Crippen LogP contribution in [0.2, 0.25) is 10.0 Å². The first kappa shape index (κ1) is 28.0. The van der Waals surface area contributed by atoms with E-state index in [1.54, 1.807) is 60.7 Å². The molecule has 0 spiro atoms. The highest BCUT2D eigenvalue weighted by Gasteiger charge is 2.36. The molecule has 0 unspecified atom stereocenters. The first-order chi connectivity index (χ1) is 18.7. The number of methoxy groups -OCH3 is 1. The summed E-state index contributed by atoms with van der Waals surface area (Å²) in [6.45, 7) is -0.770. The van der Waals surface area contributed by atoms with E-state index >= 15 is 0 Å². The molecule has 2 N–H and O–H groups in total. The predicted octanol–water partition coefficient (Wildman–Crippen LogP) is 5.69. The number of carbonyl (C=O) groups excluding carboxylic acids is 4. The van der Waals surface area contributed by atoms with E-state index in [2.05, 4.69) is 10.6 Å². The molecule has 1 heterocycles. The number of hydrogen-bond donors (Lipinski definition) is 2. The van der Waals surface area contributed by atoms with Crippen molar-refractivity contribution in [3.05, 3.63) is 87.2 Å². The lowest BCUT2D eigenvalue weighted by atomic mass is 10.1. The van der Waals surface area contributed by atoms with Crippen LogP contribution in [0.25, 0.3) is 6.08 Å². The van der Waals surface area contributed by atoms with Gasteiger partial charge < -0.3 is 20.1 Å². The van der Waals surface area contributed by atoms with E-state index in [9.17, 15) is 19.2 Å². The highest BCUT2D eigenvalue weighted by molar-refractivity contribution is 8.18. The number of ether oxygens (including phenoxy) is 2. The molecule has 1 aliphatic rings. The third-order valence-corrected chi connectivity index (χ3v) is 6.70. The molecule has 12 heteroatoms. The number of para-hydroxylation sites is 1. The van der Waals surface area contributed by atoms with Crippen LogP contribution in [0.4, 0.5) is 16.2 Å². The fourth-order valence-corrected chi connectivity index (χ4v) is 4.72. The molecular weight excluding hydrogens is 565 g/mol. The molecule has 39 heavy (non-hydrogen) atoms. The lowest BCUT2D eigenvalue weighted by Crippen LogP contribution is -2.36. The standard InChI is InChI=1S/C27H21Cl2N3O6S/c1-37-21-12-16(11-20(29)25(21)38-15-24(34)31-19-9-7-17(28)8-10-19)13-22-26(35)32(27(36)39-22)14-23(33)30-18-5-3-2-4-6-18/h2-13H,14-15H2,1H3,(H,30,33)(H,31,34)/b22-13-. The lowest BCUT2D eigenvalue weighted by Gasteiger charge is -2.14. The van der Waals surface area contributed by atoms with Crippen LogP contribution in [0.3, 0.4) is 0 Å². The van der Waals surface area contributed by atoms with Crippen LogP contribution in [0.5, 0.6) is 11.5 Å². The van der Waals surface area contributed by atoms with Crippen molar-refractivity contribution in [2.45, 2.75) is 0 Å². The van der Waals surface area contributed by atoms with Gasteiger partial charge in [0.1, 0.15) is 6.54 Å². The van der Waals surface area contributed by atoms with Crippen LogP contribution in [0.1, 0.15) is 5.56 Å². The smallest absolute Gasteiger partial charge is 0.294 e. The zero-order valence-corrected chi connectivity index (χ0v) is 22.7. The average Bonchev–Trinajstić information content (AvgIpc) is 3.16. The van der Waals surface area contributed by atoms with E-state index in [0.29, 0.717) is 33.7 Å². The largest absolute Gasteiger partial charge is 0.493 e. The molecule has 1 aliphatic heterocycles. The number of hydrogen-bond acceptors (Lipinski definition) is 7. The van der Waals surface area contributed by atoms with Gasteiger partial charge in [-0.1, -0.05) is 41.4 Å². The molecule has 9 nitrogen and oxygen atoms in total. The van der Waals surface area contributed by atoms with Gasteiger partial charge >= 0.3 is 0 Å². The van der Waals surface area contributed by atoms with Crippen molar-refractivity contribution in [1.29, 1.82) is 0 Å². The Kier molecular flexibility index (Phi) is 9.13. The maximum Gasteiger partial charge on any atom is 0.294 e. The first-order valence-corrected chi connectivity index (χ1v) is 13.0. The maximum absolute atomic E-state index is 12.9. The third kappa shape index (κ3) is 7.32. The summed E-state index contributed by atoms with van der Waals surface area (Å²) in [5.41, 5.74) is 1.55. The van der Waals surface area contributed by atoms with Crippen molar-refractivity contribution in [1.82, 2.24) is 4.90 Å². The minimum atomic E-state index is -0.609. The molecule has 0 radical (unpaired) electrons. The fraction of sp³-hybridized carbons (Fsp3) is 0.111. The van der Waals surface area contributed by atoms with Gasteiger partial charge in [0.2, 0.25) is 5.91 Å². The second-order valence-corrected chi connectivity index (χ2v) is 9.90. The molecule has 0 bridgehead atoms. The maximum atomic E-state index is 12.9. The Bertz CT molecular complexity index is 1450. The van der Waals surface area contributed by atoms with Gasteiger partial charge in [0, 0.05) is 16.4 Å². The number of anilines is 2. The molecular formula is C27H21Cl2N3O6S. The zero-order valence-electron chi connectivity index (χ0n) is 20.4. The van der Waals surface area contributed by atoms with E-state index in [4.69, 9.17) is 32.7 Å². The number of nitrogens with zero attached hydrogens (tertiary/aromatic N) is 1. The topological polar surface area (TPSA) is 114 Å². The number of carbonyl (C=O) groups is 4. The van der Waals surface area contributed by atoms with Gasteiger partial charge in [-0.2, -0.15) is 0 Å². The molecule has 0 aromatic heterocycles. The second-order valence-electron chi connectivity index (χ2n) is 8.06. The lowest BCUT2D eigenvalue weighted by molar-refractivity contribution is -0.127. The minimum absolute atomic E-state index is 0.113. The van der Waals surface area contributed by atoms with Crippen molar-refractivity contribution >= 4 is 75.4 Å². The molecule has 3 aromatic rings. The van der Waals surface area contributed by atoms with Gasteiger partial charge in [-0.05, 0) is 71.9 Å². The number of benzene rings is 3. The number of thioether (sulfide) groups is 1. The molecule has 0 saturated carbocycles. The Morgan fingerprint density at radius 3 is 2.31 bits per heavy atom. The van der Waals surface area contributed by atoms with Crippen LogP contribution in [-0.4, -0.2) is 48.1 Å². The summed E-state index contributed by atoms with van der Waals surface area (Å²) < 4.78 is 11.0. The van der Waals surface area contributed by atoms with Crippen LogP contribution in [0, 0.1) is 0 Å². The third-order valence-electron chi connectivity index (χ3n) is 5.26. The van der Waals surface area contributed by atoms with Gasteiger partial charge in [0.05, 0.1) is 17.0 Å². The number of rotatable bonds is 9. The Labute approximate surface area is 238 Å². The molecule has 4 rings (SSSR count). The monoisotopic (exact) mass is 585 g/mol. The van der Waals surface area contributed by atoms with E-state index in [0.717, 1.165) is 4.90 Å². The number of amides is 4. The van der Waals surface area contributed by atoms with Crippen LogP contribution < -0.4 is 20.1 Å². The fourth-order valence-electron chi connectivity index (χ4n) is 3.48. The van der Waals surface area contributed by atoms with E-state index < -0.39 is 29.5 Å². The van der Waals surface area contributed by atoms with Gasteiger partial charge in [0.15, 0.2) is 18.1 Å². The minimum Gasteiger partial charge on any atom is -0.493 e. The SMILES string of the molecule is COc1cc(/C=C2\SC(=O)N(CC(=O)Nc3ccccc3)C2=O)cc(Cl)c1OCC(=O)Nc1ccc(Cl)cc1. The van der Waals surface area contributed by atoms with Crippen molar-refractivity contribution < 1.29 is 28.7 Å².